The second kappa shape index (κ2) is 7.58. The van der Waals surface area contributed by atoms with E-state index in [2.05, 4.69) is 0 Å². The van der Waals surface area contributed by atoms with Crippen molar-refractivity contribution in [1.82, 2.24) is 0 Å². The van der Waals surface area contributed by atoms with Crippen LogP contribution in [0.25, 0.3) is 11.1 Å². The monoisotopic (exact) mass is 330 g/mol. The summed E-state index contributed by atoms with van der Waals surface area (Å²) in [6.45, 7) is 0. The van der Waals surface area contributed by atoms with Crippen LogP contribution < -0.4 is 4.74 Å². The van der Waals surface area contributed by atoms with Crippen LogP contribution in [0.2, 0.25) is 0 Å². The van der Waals surface area contributed by atoms with Crippen molar-refractivity contribution in [3.8, 4) is 16.9 Å². The van der Waals surface area contributed by atoms with Gasteiger partial charge in [-0.25, -0.2) is 0 Å². The molecule has 0 aliphatic heterocycles. The van der Waals surface area contributed by atoms with Gasteiger partial charge in [0, 0.05) is 12.0 Å². The summed E-state index contributed by atoms with van der Waals surface area (Å²) >= 11 is 0. The molecule has 0 N–H and O–H groups in total. The van der Waals surface area contributed by atoms with Gasteiger partial charge < -0.3 is 4.74 Å². The molecule has 3 heteroatoms. The van der Waals surface area contributed by atoms with Crippen molar-refractivity contribution in [3.05, 3.63) is 90.0 Å². The molecule has 25 heavy (non-hydrogen) atoms. The molecule has 0 aliphatic rings. The third-order valence-electron chi connectivity index (χ3n) is 3.99. The predicted molar refractivity (Wildman–Crippen MR) is 97.9 cm³/mol. The molecule has 3 aromatic rings. The molecular weight excluding hydrogens is 312 g/mol. The van der Waals surface area contributed by atoms with E-state index >= 15 is 0 Å². The topological polar surface area (TPSA) is 43.4 Å². The smallest absolute Gasteiger partial charge is 0.228 e. The summed E-state index contributed by atoms with van der Waals surface area (Å²) in [5, 5.41) is 0. The lowest BCUT2D eigenvalue weighted by atomic mass is 9.97. The maximum absolute atomic E-state index is 12.5. The highest BCUT2D eigenvalue weighted by atomic mass is 16.5. The van der Waals surface area contributed by atoms with Gasteiger partial charge in [0.05, 0.1) is 7.11 Å². The third kappa shape index (κ3) is 4.01. The van der Waals surface area contributed by atoms with E-state index in [1.165, 1.54) is 0 Å². The summed E-state index contributed by atoms with van der Waals surface area (Å²) in [7, 11) is 1.61. The van der Waals surface area contributed by atoms with E-state index in [4.69, 9.17) is 4.74 Å². The van der Waals surface area contributed by atoms with Gasteiger partial charge in [0.15, 0.2) is 0 Å². The SMILES string of the molecule is COc1cccc(-c2cccc(C(=O)C(=O)Cc3ccccc3)c2)c1. The van der Waals surface area contributed by atoms with Gasteiger partial charge in [-0.3, -0.25) is 9.59 Å². The second-order valence-electron chi connectivity index (χ2n) is 5.73. The van der Waals surface area contributed by atoms with Crippen LogP contribution in [0.15, 0.2) is 78.9 Å². The Bertz CT molecular complexity index is 898. The van der Waals surface area contributed by atoms with E-state index in [9.17, 15) is 9.59 Å². The fourth-order valence-electron chi connectivity index (χ4n) is 2.67. The summed E-state index contributed by atoms with van der Waals surface area (Å²) in [6, 6.07) is 24.0. The highest BCUT2D eigenvalue weighted by Gasteiger charge is 2.17. The van der Waals surface area contributed by atoms with E-state index < -0.39 is 11.6 Å². The number of carbonyl (C=O) groups is 2. The minimum absolute atomic E-state index is 0.114. The number of hydrogen-bond donors (Lipinski definition) is 0. The fraction of sp³-hybridized carbons (Fsp3) is 0.0909. The Hall–Kier alpha value is -3.20. The Balaban J connectivity index is 1.83. The van der Waals surface area contributed by atoms with E-state index in [-0.39, 0.29) is 6.42 Å². The summed E-state index contributed by atoms with van der Waals surface area (Å²) in [4.78, 5) is 24.8. The number of ether oxygens (including phenoxy) is 1. The molecule has 0 fully saturated rings. The van der Waals surface area contributed by atoms with Crippen LogP contribution in [-0.4, -0.2) is 18.7 Å². The number of carbonyl (C=O) groups excluding carboxylic acids is 2. The van der Waals surface area contributed by atoms with Crippen LogP contribution >= 0.6 is 0 Å². The van der Waals surface area contributed by atoms with Gasteiger partial charge in [0.25, 0.3) is 0 Å². The molecule has 3 rings (SSSR count). The average Bonchev–Trinajstić information content (AvgIpc) is 2.68. The fourth-order valence-corrected chi connectivity index (χ4v) is 2.67. The largest absolute Gasteiger partial charge is 0.497 e. The second-order valence-corrected chi connectivity index (χ2v) is 5.73. The molecule has 0 saturated heterocycles. The van der Waals surface area contributed by atoms with Crippen molar-refractivity contribution in [2.75, 3.05) is 7.11 Å². The Kier molecular flexibility index (Phi) is 5.05. The predicted octanol–water partition coefficient (Wildman–Crippen LogP) is 4.36. The molecule has 0 aliphatic carbocycles. The van der Waals surface area contributed by atoms with Crippen molar-refractivity contribution in [3.63, 3.8) is 0 Å². The molecule has 0 saturated carbocycles. The number of Topliss-reactive ketones (excluding diaryl/α,β-unsaturated/α-hetero) is 2. The quantitative estimate of drug-likeness (QED) is 0.498. The lowest BCUT2D eigenvalue weighted by Crippen LogP contribution is -2.16. The summed E-state index contributed by atoms with van der Waals surface area (Å²) < 4.78 is 5.24. The Morgan fingerprint density at radius 2 is 1.48 bits per heavy atom. The third-order valence-corrected chi connectivity index (χ3v) is 3.99. The van der Waals surface area contributed by atoms with E-state index in [0.717, 1.165) is 22.4 Å². The number of hydrogen-bond acceptors (Lipinski definition) is 3. The lowest BCUT2D eigenvalue weighted by molar-refractivity contribution is -0.114. The summed E-state index contributed by atoms with van der Waals surface area (Å²) in [5.74, 6) is -0.128. The molecule has 0 radical (unpaired) electrons. The molecule has 124 valence electrons. The van der Waals surface area contributed by atoms with Crippen LogP contribution in [0.4, 0.5) is 0 Å². The molecular formula is C22H18O3. The van der Waals surface area contributed by atoms with Crippen molar-refractivity contribution in [2.24, 2.45) is 0 Å². The maximum Gasteiger partial charge on any atom is 0.228 e. The Morgan fingerprint density at radius 3 is 2.20 bits per heavy atom. The number of methoxy groups -OCH3 is 1. The highest BCUT2D eigenvalue weighted by Crippen LogP contribution is 2.24. The molecule has 0 amide bonds. The minimum Gasteiger partial charge on any atom is -0.497 e. The molecule has 0 atom stereocenters. The molecule has 3 aromatic carbocycles. The maximum atomic E-state index is 12.5. The first-order valence-electron chi connectivity index (χ1n) is 8.03. The van der Waals surface area contributed by atoms with Crippen LogP contribution in [0.5, 0.6) is 5.75 Å². The Morgan fingerprint density at radius 1 is 0.800 bits per heavy atom. The molecule has 0 bridgehead atoms. The molecule has 0 aromatic heterocycles. The number of ketones is 2. The van der Waals surface area contributed by atoms with Gasteiger partial charge >= 0.3 is 0 Å². The summed E-state index contributed by atoms with van der Waals surface area (Å²) in [5.41, 5.74) is 3.05. The van der Waals surface area contributed by atoms with Gasteiger partial charge in [-0.1, -0.05) is 60.7 Å². The molecule has 0 heterocycles. The van der Waals surface area contributed by atoms with Crippen LogP contribution in [0.3, 0.4) is 0 Å². The minimum atomic E-state index is -0.464. The van der Waals surface area contributed by atoms with E-state index in [1.807, 2.05) is 60.7 Å². The highest BCUT2D eigenvalue weighted by molar-refractivity contribution is 6.44. The average molecular weight is 330 g/mol. The van der Waals surface area contributed by atoms with Gasteiger partial charge in [0.2, 0.25) is 11.6 Å². The van der Waals surface area contributed by atoms with Crippen LogP contribution in [-0.2, 0) is 11.2 Å². The molecule has 0 unspecified atom stereocenters. The zero-order valence-electron chi connectivity index (χ0n) is 13.9. The first-order valence-corrected chi connectivity index (χ1v) is 8.03. The lowest BCUT2D eigenvalue weighted by Gasteiger charge is -2.07. The van der Waals surface area contributed by atoms with E-state index in [0.29, 0.717) is 5.56 Å². The van der Waals surface area contributed by atoms with Crippen LogP contribution in [0, 0.1) is 0 Å². The molecule has 3 nitrogen and oxygen atoms in total. The standard InChI is InChI=1S/C22H18O3/c1-25-20-12-6-10-18(15-20)17-9-5-11-19(14-17)22(24)21(23)13-16-7-3-2-4-8-16/h2-12,14-15H,13H2,1H3. The van der Waals surface area contributed by atoms with Crippen molar-refractivity contribution < 1.29 is 14.3 Å². The molecule has 0 spiro atoms. The zero-order chi connectivity index (χ0) is 17.6. The van der Waals surface area contributed by atoms with E-state index in [1.54, 1.807) is 25.3 Å². The van der Waals surface area contributed by atoms with Crippen molar-refractivity contribution in [2.45, 2.75) is 6.42 Å². The first kappa shape index (κ1) is 16.7. The van der Waals surface area contributed by atoms with Gasteiger partial charge in [0.1, 0.15) is 5.75 Å². The van der Waals surface area contributed by atoms with Crippen LogP contribution in [0.1, 0.15) is 15.9 Å². The summed E-state index contributed by atoms with van der Waals surface area (Å²) in [6.07, 6.45) is 0.114. The Labute approximate surface area is 146 Å². The zero-order valence-corrected chi connectivity index (χ0v) is 13.9. The van der Waals surface area contributed by atoms with Gasteiger partial charge in [-0.15, -0.1) is 0 Å². The van der Waals surface area contributed by atoms with Crippen molar-refractivity contribution >= 4 is 11.6 Å². The van der Waals surface area contributed by atoms with Gasteiger partial charge in [-0.05, 0) is 34.9 Å². The first-order chi connectivity index (χ1) is 12.2. The van der Waals surface area contributed by atoms with Gasteiger partial charge in [-0.2, -0.15) is 0 Å². The van der Waals surface area contributed by atoms with Crippen molar-refractivity contribution in [1.29, 1.82) is 0 Å². The number of rotatable bonds is 6. The normalized spacial score (nSPS) is 10.3. The number of benzene rings is 3.